The van der Waals surface area contributed by atoms with Gasteiger partial charge in [-0.2, -0.15) is 0 Å². The van der Waals surface area contributed by atoms with E-state index in [9.17, 15) is 0 Å². The number of fused-ring (bicyclic) bond motifs is 2. The van der Waals surface area contributed by atoms with Gasteiger partial charge in [-0.25, -0.2) is 0 Å². The van der Waals surface area contributed by atoms with Gasteiger partial charge in [0.25, 0.3) is 0 Å². The fourth-order valence-corrected chi connectivity index (χ4v) is 2.04. The molecule has 3 rings (SSSR count). The van der Waals surface area contributed by atoms with E-state index in [0.29, 0.717) is 0 Å². The van der Waals surface area contributed by atoms with E-state index in [-0.39, 0.29) is 5.48 Å². The number of rotatable bonds is 0. The maximum Gasteiger partial charge on any atom is 0.130 e. The molecule has 0 saturated carbocycles. The molecule has 92 valence electrons. The van der Waals surface area contributed by atoms with E-state index in [1.54, 1.807) is 0 Å². The van der Waals surface area contributed by atoms with Gasteiger partial charge in [-0.05, 0) is 36.1 Å². The number of hydrogen-bond acceptors (Lipinski definition) is 1. The van der Waals surface area contributed by atoms with Crippen molar-refractivity contribution in [1.82, 2.24) is 0 Å². The van der Waals surface area contributed by atoms with E-state index < -0.39 is 0 Å². The van der Waals surface area contributed by atoms with Crippen LogP contribution in [0.4, 0.5) is 0 Å². The van der Waals surface area contributed by atoms with Gasteiger partial charge in [0.05, 0.1) is 0 Å². The Hall–Kier alpha value is -1.54. The summed E-state index contributed by atoms with van der Waals surface area (Å²) in [5.74, 6) is 2.10. The first-order valence-corrected chi connectivity index (χ1v) is 6.09. The summed E-state index contributed by atoms with van der Waals surface area (Å²) in [6.07, 6.45) is 7.80. The number of para-hydroxylation sites is 1. The topological polar surface area (TPSA) is 40.7 Å². The molecule has 1 aliphatic carbocycles. The zero-order valence-electron chi connectivity index (χ0n) is 10.5. The Balaban J connectivity index is 0.000000459. The van der Waals surface area contributed by atoms with E-state index in [1.165, 1.54) is 11.1 Å². The van der Waals surface area contributed by atoms with Crippen LogP contribution in [-0.4, -0.2) is 5.48 Å². The van der Waals surface area contributed by atoms with Crippen molar-refractivity contribution in [2.24, 2.45) is 0 Å². The monoisotopic (exact) mass is 232 g/mol. The Morgan fingerprint density at radius 2 is 1.71 bits per heavy atom. The molecule has 0 atom stereocenters. The first-order chi connectivity index (χ1) is 7.93. The number of hydrogen-bond donors (Lipinski definition) is 0. The fourth-order valence-electron chi connectivity index (χ4n) is 2.04. The largest absolute Gasteiger partial charge is 0.457 e. The van der Waals surface area contributed by atoms with Gasteiger partial charge in [0, 0.05) is 6.42 Å². The van der Waals surface area contributed by atoms with Crippen molar-refractivity contribution in [2.45, 2.75) is 33.1 Å². The standard InChI is InChI=1S/C13H12O.C2H6.H2O/c1-3-7-12-10(5-1)9-11-6-2-4-8-13(11)14-12;1-2;/h1,3,5-8H,2,4,9H2;1-2H3;1H2. The third-order valence-corrected chi connectivity index (χ3v) is 2.78. The zero-order valence-corrected chi connectivity index (χ0v) is 10.5. The summed E-state index contributed by atoms with van der Waals surface area (Å²) < 4.78 is 5.83. The smallest absolute Gasteiger partial charge is 0.130 e. The first kappa shape index (κ1) is 13.5. The van der Waals surface area contributed by atoms with Crippen molar-refractivity contribution in [2.75, 3.05) is 0 Å². The second kappa shape index (κ2) is 6.26. The Kier molecular flexibility index (Phi) is 4.98. The molecule has 0 unspecified atom stereocenters. The Morgan fingerprint density at radius 3 is 2.53 bits per heavy atom. The summed E-state index contributed by atoms with van der Waals surface area (Å²) in [7, 11) is 0. The minimum atomic E-state index is 0. The molecule has 1 aliphatic heterocycles. The lowest BCUT2D eigenvalue weighted by molar-refractivity contribution is 0.409. The van der Waals surface area contributed by atoms with Crippen molar-refractivity contribution in [3.8, 4) is 5.75 Å². The molecule has 0 bridgehead atoms. The Morgan fingerprint density at radius 1 is 1.00 bits per heavy atom. The van der Waals surface area contributed by atoms with Crippen LogP contribution in [0.2, 0.25) is 0 Å². The minimum absolute atomic E-state index is 0. The van der Waals surface area contributed by atoms with E-state index in [4.69, 9.17) is 4.74 Å². The van der Waals surface area contributed by atoms with E-state index in [2.05, 4.69) is 24.3 Å². The average molecular weight is 232 g/mol. The lowest BCUT2D eigenvalue weighted by atomic mass is 9.95. The summed E-state index contributed by atoms with van der Waals surface area (Å²) in [6.45, 7) is 4.00. The highest BCUT2D eigenvalue weighted by atomic mass is 16.5. The maximum absolute atomic E-state index is 5.83. The maximum atomic E-state index is 5.83. The van der Waals surface area contributed by atoms with Crippen LogP contribution in [0, 0.1) is 0 Å². The molecule has 0 aromatic heterocycles. The molecule has 0 amide bonds. The van der Waals surface area contributed by atoms with Gasteiger partial charge in [0.2, 0.25) is 0 Å². The van der Waals surface area contributed by atoms with Crippen molar-refractivity contribution < 1.29 is 10.2 Å². The lowest BCUT2D eigenvalue weighted by Gasteiger charge is -2.24. The highest BCUT2D eigenvalue weighted by Gasteiger charge is 2.19. The molecule has 0 spiro atoms. The normalized spacial score (nSPS) is 15.6. The zero-order chi connectivity index (χ0) is 11.4. The van der Waals surface area contributed by atoms with Gasteiger partial charge >= 0.3 is 0 Å². The first-order valence-electron chi connectivity index (χ1n) is 6.09. The van der Waals surface area contributed by atoms with Gasteiger partial charge in [-0.15, -0.1) is 0 Å². The summed E-state index contributed by atoms with van der Waals surface area (Å²) in [5.41, 5.74) is 2.66. The molecular formula is C15H20O2. The van der Waals surface area contributed by atoms with Crippen LogP contribution in [-0.2, 0) is 6.42 Å². The molecular weight excluding hydrogens is 212 g/mol. The van der Waals surface area contributed by atoms with Crippen molar-refractivity contribution in [3.63, 3.8) is 0 Å². The van der Waals surface area contributed by atoms with Crippen LogP contribution in [0.5, 0.6) is 5.75 Å². The summed E-state index contributed by atoms with van der Waals surface area (Å²) in [5, 5.41) is 0. The van der Waals surface area contributed by atoms with Crippen LogP contribution in [0.25, 0.3) is 0 Å². The summed E-state index contributed by atoms with van der Waals surface area (Å²) in [4.78, 5) is 0. The fraction of sp³-hybridized carbons (Fsp3) is 0.333. The molecule has 1 aromatic carbocycles. The number of benzene rings is 1. The molecule has 2 aliphatic rings. The Labute approximate surface area is 103 Å². The second-order valence-corrected chi connectivity index (χ2v) is 3.76. The minimum Gasteiger partial charge on any atom is -0.457 e. The number of ether oxygens (including phenoxy) is 1. The van der Waals surface area contributed by atoms with E-state index in [0.717, 1.165) is 30.8 Å². The van der Waals surface area contributed by atoms with Gasteiger partial charge in [-0.3, -0.25) is 0 Å². The molecule has 0 saturated heterocycles. The van der Waals surface area contributed by atoms with Crippen LogP contribution >= 0.6 is 0 Å². The predicted octanol–water partition coefficient (Wildman–Crippen LogP) is 3.43. The molecule has 1 aromatic rings. The van der Waals surface area contributed by atoms with Crippen LogP contribution in [0.1, 0.15) is 32.3 Å². The molecule has 0 radical (unpaired) electrons. The SMILES string of the molecule is C1=C2Cc3ccccc3OC2=CCC1.CC.O. The Bertz CT molecular complexity index is 389. The highest BCUT2D eigenvalue weighted by Crippen LogP contribution is 2.34. The summed E-state index contributed by atoms with van der Waals surface area (Å²) in [6, 6.07) is 8.28. The quantitative estimate of drug-likeness (QED) is 0.675. The second-order valence-electron chi connectivity index (χ2n) is 3.76. The summed E-state index contributed by atoms with van der Waals surface area (Å²) >= 11 is 0. The molecule has 2 nitrogen and oxygen atoms in total. The molecule has 2 N–H and O–H groups in total. The molecule has 0 fully saturated rings. The van der Waals surface area contributed by atoms with Crippen molar-refractivity contribution in [3.05, 3.63) is 53.3 Å². The van der Waals surface area contributed by atoms with Gasteiger partial charge < -0.3 is 10.2 Å². The number of allylic oxidation sites excluding steroid dienone is 3. The molecule has 1 heterocycles. The average Bonchev–Trinajstić information content (AvgIpc) is 2.38. The third-order valence-electron chi connectivity index (χ3n) is 2.78. The van der Waals surface area contributed by atoms with Crippen molar-refractivity contribution >= 4 is 0 Å². The van der Waals surface area contributed by atoms with Crippen LogP contribution < -0.4 is 4.74 Å². The third kappa shape index (κ3) is 2.77. The van der Waals surface area contributed by atoms with Crippen molar-refractivity contribution in [1.29, 1.82) is 0 Å². The van der Waals surface area contributed by atoms with Gasteiger partial charge in [-0.1, -0.05) is 38.1 Å². The van der Waals surface area contributed by atoms with Gasteiger partial charge in [0.1, 0.15) is 11.5 Å². The van der Waals surface area contributed by atoms with Crippen LogP contribution in [0.3, 0.4) is 0 Å². The molecule has 2 heteroatoms. The van der Waals surface area contributed by atoms with Gasteiger partial charge in [0.15, 0.2) is 0 Å². The lowest BCUT2D eigenvalue weighted by Crippen LogP contribution is -2.11. The van der Waals surface area contributed by atoms with Crippen LogP contribution in [0.15, 0.2) is 47.7 Å². The van der Waals surface area contributed by atoms with E-state index in [1.807, 2.05) is 26.0 Å². The highest BCUT2D eigenvalue weighted by molar-refractivity contribution is 5.47. The predicted molar refractivity (Wildman–Crippen MR) is 71.1 cm³/mol. The molecule has 17 heavy (non-hydrogen) atoms. The van der Waals surface area contributed by atoms with E-state index >= 15 is 0 Å².